The molecule has 72 valence electrons. The molecule has 13 heavy (non-hydrogen) atoms. The second-order valence-corrected chi connectivity index (χ2v) is 3.60. The van der Waals surface area contributed by atoms with Gasteiger partial charge in [-0.15, -0.1) is 0 Å². The highest BCUT2D eigenvalue weighted by molar-refractivity contribution is 4.84. The zero-order valence-electron chi connectivity index (χ0n) is 7.92. The molecule has 4 heteroatoms. The topological polar surface area (TPSA) is 51.0 Å². The van der Waals surface area contributed by atoms with Gasteiger partial charge in [0.05, 0.1) is 6.54 Å². The lowest BCUT2D eigenvalue weighted by Gasteiger charge is -2.08. The van der Waals surface area contributed by atoms with Crippen molar-refractivity contribution < 1.29 is 4.52 Å². The second-order valence-electron chi connectivity index (χ2n) is 3.60. The molecule has 1 aliphatic rings. The first-order chi connectivity index (χ1) is 6.34. The zero-order chi connectivity index (χ0) is 9.10. The maximum atomic E-state index is 5.00. The Labute approximate surface area is 77.7 Å². The maximum absolute atomic E-state index is 5.00. The predicted octanol–water partition coefficient (Wildman–Crippen LogP) is 1.41. The Morgan fingerprint density at radius 2 is 2.23 bits per heavy atom. The highest BCUT2D eigenvalue weighted by Crippen LogP contribution is 2.17. The minimum Gasteiger partial charge on any atom is -0.338 e. The zero-order valence-corrected chi connectivity index (χ0v) is 7.92. The highest BCUT2D eigenvalue weighted by Gasteiger charge is 2.14. The number of hydrogen-bond donors (Lipinski definition) is 1. The van der Waals surface area contributed by atoms with Gasteiger partial charge in [-0.1, -0.05) is 18.0 Å². The Kier molecular flexibility index (Phi) is 2.59. The molecule has 1 N–H and O–H groups in total. The summed E-state index contributed by atoms with van der Waals surface area (Å²) >= 11 is 0. The molecule has 0 amide bonds. The third-order valence-corrected chi connectivity index (χ3v) is 2.47. The lowest BCUT2D eigenvalue weighted by molar-refractivity contribution is 0.354. The Morgan fingerprint density at radius 1 is 1.46 bits per heavy atom. The Bertz CT molecular complexity index is 266. The van der Waals surface area contributed by atoms with E-state index in [1.165, 1.54) is 25.7 Å². The first kappa shape index (κ1) is 8.69. The van der Waals surface area contributed by atoms with Gasteiger partial charge in [-0.25, -0.2) is 0 Å². The molecule has 1 heterocycles. The van der Waals surface area contributed by atoms with Crippen LogP contribution in [0.25, 0.3) is 0 Å². The molecule has 0 aliphatic heterocycles. The van der Waals surface area contributed by atoms with Gasteiger partial charge in [-0.2, -0.15) is 4.98 Å². The summed E-state index contributed by atoms with van der Waals surface area (Å²) in [5, 5.41) is 7.15. The molecule has 0 bridgehead atoms. The lowest BCUT2D eigenvalue weighted by Crippen LogP contribution is -2.25. The van der Waals surface area contributed by atoms with Crippen LogP contribution in [0.1, 0.15) is 37.4 Å². The molecule has 0 radical (unpaired) electrons. The molecule has 4 nitrogen and oxygen atoms in total. The van der Waals surface area contributed by atoms with Crippen molar-refractivity contribution in [3.8, 4) is 0 Å². The average molecular weight is 181 g/mol. The molecule has 0 saturated heterocycles. The highest BCUT2D eigenvalue weighted by atomic mass is 16.5. The number of aromatic nitrogens is 2. The van der Waals surface area contributed by atoms with Gasteiger partial charge in [-0.05, 0) is 19.8 Å². The van der Waals surface area contributed by atoms with E-state index in [-0.39, 0.29) is 0 Å². The van der Waals surface area contributed by atoms with Gasteiger partial charge in [0.1, 0.15) is 0 Å². The largest absolute Gasteiger partial charge is 0.338 e. The number of aryl methyl sites for hydroxylation is 1. The summed E-state index contributed by atoms with van der Waals surface area (Å²) in [6.45, 7) is 2.55. The van der Waals surface area contributed by atoms with Gasteiger partial charge in [0, 0.05) is 6.04 Å². The molecule has 1 aromatic heterocycles. The van der Waals surface area contributed by atoms with Crippen LogP contribution in [0.15, 0.2) is 4.52 Å². The summed E-state index contributed by atoms with van der Waals surface area (Å²) in [4.78, 5) is 4.13. The molecular weight excluding hydrogens is 166 g/mol. The van der Waals surface area contributed by atoms with Crippen LogP contribution in [-0.2, 0) is 6.54 Å². The van der Waals surface area contributed by atoms with Crippen LogP contribution in [0.5, 0.6) is 0 Å². The third kappa shape index (κ3) is 2.28. The molecule has 1 saturated carbocycles. The lowest BCUT2D eigenvalue weighted by atomic mass is 10.2. The summed E-state index contributed by atoms with van der Waals surface area (Å²) in [5.74, 6) is 1.41. The van der Waals surface area contributed by atoms with E-state index in [2.05, 4.69) is 15.5 Å². The molecule has 0 unspecified atom stereocenters. The molecule has 1 aliphatic carbocycles. The summed E-state index contributed by atoms with van der Waals surface area (Å²) in [5.41, 5.74) is 0. The molecule has 2 rings (SSSR count). The van der Waals surface area contributed by atoms with Crippen LogP contribution in [-0.4, -0.2) is 16.2 Å². The number of nitrogens with one attached hydrogen (secondary N) is 1. The van der Waals surface area contributed by atoms with Gasteiger partial charge in [0.2, 0.25) is 5.89 Å². The van der Waals surface area contributed by atoms with E-state index in [0.717, 1.165) is 0 Å². The fourth-order valence-electron chi connectivity index (χ4n) is 1.77. The van der Waals surface area contributed by atoms with Gasteiger partial charge >= 0.3 is 0 Å². The molecule has 0 spiro atoms. The first-order valence-electron chi connectivity index (χ1n) is 4.87. The van der Waals surface area contributed by atoms with E-state index < -0.39 is 0 Å². The quantitative estimate of drug-likeness (QED) is 0.766. The van der Waals surface area contributed by atoms with Crippen LogP contribution >= 0.6 is 0 Å². The van der Waals surface area contributed by atoms with Crippen LogP contribution in [0.2, 0.25) is 0 Å². The Balaban J connectivity index is 1.78. The van der Waals surface area contributed by atoms with E-state index in [9.17, 15) is 0 Å². The second kappa shape index (κ2) is 3.87. The summed E-state index contributed by atoms with van der Waals surface area (Å²) in [6, 6.07) is 0.659. The van der Waals surface area contributed by atoms with Gasteiger partial charge < -0.3 is 9.84 Å². The normalized spacial score (nSPS) is 18.2. The van der Waals surface area contributed by atoms with Gasteiger partial charge in [0.25, 0.3) is 0 Å². The van der Waals surface area contributed by atoms with Crippen molar-refractivity contribution in [2.24, 2.45) is 0 Å². The van der Waals surface area contributed by atoms with Gasteiger partial charge in [0.15, 0.2) is 5.82 Å². The molecule has 0 atom stereocenters. The molecular formula is C9H15N3O. The SMILES string of the molecule is Cc1noc(CNC2CCCC2)n1. The predicted molar refractivity (Wildman–Crippen MR) is 48.1 cm³/mol. The third-order valence-electron chi connectivity index (χ3n) is 2.47. The smallest absolute Gasteiger partial charge is 0.240 e. The van der Waals surface area contributed by atoms with Crippen molar-refractivity contribution in [2.45, 2.75) is 45.2 Å². The van der Waals surface area contributed by atoms with E-state index in [1.54, 1.807) is 0 Å². The fourth-order valence-corrected chi connectivity index (χ4v) is 1.77. The van der Waals surface area contributed by atoms with Crippen molar-refractivity contribution in [2.75, 3.05) is 0 Å². The van der Waals surface area contributed by atoms with Crippen molar-refractivity contribution >= 4 is 0 Å². The standard InChI is InChI=1S/C9H15N3O/c1-7-11-9(13-12-7)6-10-8-4-2-3-5-8/h8,10H,2-6H2,1H3. The van der Waals surface area contributed by atoms with E-state index in [4.69, 9.17) is 4.52 Å². The maximum Gasteiger partial charge on any atom is 0.240 e. The van der Waals surface area contributed by atoms with E-state index in [1.807, 2.05) is 6.92 Å². The van der Waals surface area contributed by atoms with Crippen molar-refractivity contribution in [3.63, 3.8) is 0 Å². The molecule has 1 fully saturated rings. The van der Waals surface area contributed by atoms with Crippen molar-refractivity contribution in [1.29, 1.82) is 0 Å². The Morgan fingerprint density at radius 3 is 2.85 bits per heavy atom. The summed E-state index contributed by atoms with van der Waals surface area (Å²) < 4.78 is 5.00. The number of hydrogen-bond acceptors (Lipinski definition) is 4. The van der Waals surface area contributed by atoms with E-state index >= 15 is 0 Å². The number of rotatable bonds is 3. The van der Waals surface area contributed by atoms with Gasteiger partial charge in [-0.3, -0.25) is 0 Å². The van der Waals surface area contributed by atoms with Crippen LogP contribution in [0, 0.1) is 6.92 Å². The number of nitrogens with zero attached hydrogens (tertiary/aromatic N) is 2. The fraction of sp³-hybridized carbons (Fsp3) is 0.778. The average Bonchev–Trinajstić information content (AvgIpc) is 2.71. The van der Waals surface area contributed by atoms with Crippen LogP contribution in [0.4, 0.5) is 0 Å². The Hall–Kier alpha value is -0.900. The van der Waals surface area contributed by atoms with Crippen molar-refractivity contribution in [1.82, 2.24) is 15.5 Å². The minimum atomic E-state index is 0.659. The van der Waals surface area contributed by atoms with Crippen molar-refractivity contribution in [3.05, 3.63) is 11.7 Å². The summed E-state index contributed by atoms with van der Waals surface area (Å²) in [7, 11) is 0. The molecule has 0 aromatic carbocycles. The van der Waals surface area contributed by atoms with Crippen LogP contribution in [0.3, 0.4) is 0 Å². The first-order valence-corrected chi connectivity index (χ1v) is 4.87. The van der Waals surface area contributed by atoms with E-state index in [0.29, 0.717) is 24.3 Å². The monoisotopic (exact) mass is 181 g/mol. The minimum absolute atomic E-state index is 0.659. The van der Waals surface area contributed by atoms with Crippen LogP contribution < -0.4 is 5.32 Å². The summed E-state index contributed by atoms with van der Waals surface area (Å²) in [6.07, 6.45) is 5.27. The molecule has 1 aromatic rings.